The molecule has 0 heterocycles. The van der Waals surface area contributed by atoms with Crippen molar-refractivity contribution in [3.05, 3.63) is 51.5 Å². The Morgan fingerprint density at radius 2 is 1.91 bits per heavy atom. The number of rotatable bonds is 3. The van der Waals surface area contributed by atoms with Crippen LogP contribution in [0, 0.1) is 0 Å². The van der Waals surface area contributed by atoms with Crippen LogP contribution in [0.25, 0.3) is 0 Å². The van der Waals surface area contributed by atoms with Gasteiger partial charge in [0.05, 0.1) is 11.3 Å². The zero-order valence-corrected chi connectivity index (χ0v) is 13.5. The highest BCUT2D eigenvalue weighted by Crippen LogP contribution is 2.31. The summed E-state index contributed by atoms with van der Waals surface area (Å²) in [5.74, 6) is -1.39. The second-order valence-corrected chi connectivity index (χ2v) is 5.60. The summed E-state index contributed by atoms with van der Waals surface area (Å²) in [7, 11) is 0. The average molecular weight is 411 g/mol. The molecule has 0 saturated carbocycles. The number of ether oxygens (including phenoxy) is 1. The molecule has 0 aliphatic heterocycles. The van der Waals surface area contributed by atoms with E-state index in [2.05, 4.69) is 26.0 Å². The number of phenolic OH excluding ortho intramolecular Hbond substituents is 1. The first-order chi connectivity index (χ1) is 10.7. The minimum atomic E-state index is -4.81. The molecule has 0 aliphatic carbocycles. The van der Waals surface area contributed by atoms with Crippen LogP contribution in [0.1, 0.15) is 10.4 Å². The summed E-state index contributed by atoms with van der Waals surface area (Å²) in [6.07, 6.45) is -4.81. The minimum absolute atomic E-state index is 0.0694. The first-order valence-electron chi connectivity index (χ1n) is 6.01. The van der Waals surface area contributed by atoms with Crippen LogP contribution in [0.5, 0.6) is 11.5 Å². The smallest absolute Gasteiger partial charge is 0.507 e. The molecule has 2 N–H and O–H groups in total. The largest absolute Gasteiger partial charge is 0.573 e. The van der Waals surface area contributed by atoms with Crippen LogP contribution in [-0.2, 0) is 0 Å². The molecule has 0 radical (unpaired) electrons. The number of carbonyl (C=O) groups is 1. The molecule has 1 amide bonds. The molecule has 0 spiro atoms. The monoisotopic (exact) mass is 409 g/mol. The van der Waals surface area contributed by atoms with E-state index < -0.39 is 18.0 Å². The van der Waals surface area contributed by atoms with E-state index in [9.17, 15) is 23.1 Å². The molecule has 2 rings (SSSR count). The van der Waals surface area contributed by atoms with Crippen LogP contribution in [0.4, 0.5) is 18.9 Å². The molecule has 9 heteroatoms. The summed E-state index contributed by atoms with van der Waals surface area (Å²) < 4.78 is 40.4. The molecule has 0 unspecified atom stereocenters. The maximum Gasteiger partial charge on any atom is 0.573 e. The summed E-state index contributed by atoms with van der Waals surface area (Å²) in [5, 5.41) is 12.3. The van der Waals surface area contributed by atoms with Crippen LogP contribution in [-0.4, -0.2) is 17.4 Å². The molecule has 2 aromatic carbocycles. The van der Waals surface area contributed by atoms with E-state index in [-0.39, 0.29) is 26.5 Å². The molecule has 122 valence electrons. The maximum atomic E-state index is 12.1. The molecule has 2 aromatic rings. The highest BCUT2D eigenvalue weighted by molar-refractivity contribution is 9.10. The van der Waals surface area contributed by atoms with E-state index in [1.165, 1.54) is 24.3 Å². The molecule has 23 heavy (non-hydrogen) atoms. The third kappa shape index (κ3) is 4.77. The molecule has 0 atom stereocenters. The SMILES string of the molecule is O=C(Nc1ccc(OC(F)(F)F)cc1Br)c1cc(Cl)ccc1O. The first kappa shape index (κ1) is 17.4. The fourth-order valence-electron chi connectivity index (χ4n) is 1.67. The van der Waals surface area contributed by atoms with Gasteiger partial charge in [-0.25, -0.2) is 0 Å². The molecule has 0 aromatic heterocycles. The Labute approximate surface area is 142 Å². The van der Waals surface area contributed by atoms with Crippen molar-refractivity contribution in [3.63, 3.8) is 0 Å². The van der Waals surface area contributed by atoms with Crippen LogP contribution in [0.2, 0.25) is 5.02 Å². The van der Waals surface area contributed by atoms with Gasteiger partial charge in [-0.3, -0.25) is 4.79 Å². The van der Waals surface area contributed by atoms with E-state index in [0.29, 0.717) is 0 Å². The van der Waals surface area contributed by atoms with Gasteiger partial charge < -0.3 is 15.2 Å². The van der Waals surface area contributed by atoms with Gasteiger partial charge in [0.1, 0.15) is 11.5 Å². The van der Waals surface area contributed by atoms with E-state index in [1.807, 2.05) is 0 Å². The Bertz CT molecular complexity index is 753. The molecule has 4 nitrogen and oxygen atoms in total. The highest BCUT2D eigenvalue weighted by Gasteiger charge is 2.31. The predicted molar refractivity (Wildman–Crippen MR) is 81.9 cm³/mol. The zero-order chi connectivity index (χ0) is 17.2. The lowest BCUT2D eigenvalue weighted by molar-refractivity contribution is -0.274. The van der Waals surface area contributed by atoms with Gasteiger partial charge in [0.2, 0.25) is 0 Å². The van der Waals surface area contributed by atoms with Crippen molar-refractivity contribution in [3.8, 4) is 11.5 Å². The number of hydrogen-bond acceptors (Lipinski definition) is 3. The van der Waals surface area contributed by atoms with Crippen molar-refractivity contribution < 1.29 is 27.8 Å². The number of aromatic hydroxyl groups is 1. The fourth-order valence-corrected chi connectivity index (χ4v) is 2.30. The number of alkyl halides is 3. The molecular weight excluding hydrogens is 403 g/mol. The summed E-state index contributed by atoms with van der Waals surface area (Å²) in [6, 6.07) is 7.26. The zero-order valence-electron chi connectivity index (χ0n) is 11.1. The quantitative estimate of drug-likeness (QED) is 0.752. The molecule has 0 saturated heterocycles. The van der Waals surface area contributed by atoms with Gasteiger partial charge in [0, 0.05) is 9.50 Å². The van der Waals surface area contributed by atoms with E-state index in [0.717, 1.165) is 12.1 Å². The van der Waals surface area contributed by atoms with Gasteiger partial charge in [0.25, 0.3) is 5.91 Å². The topological polar surface area (TPSA) is 58.6 Å². The Balaban J connectivity index is 2.20. The summed E-state index contributed by atoms with van der Waals surface area (Å²) in [6.45, 7) is 0. The number of hydrogen-bond donors (Lipinski definition) is 2. The van der Waals surface area contributed by atoms with Crippen molar-refractivity contribution in [1.82, 2.24) is 0 Å². The summed E-state index contributed by atoms with van der Waals surface area (Å²) >= 11 is 8.79. The Morgan fingerprint density at radius 1 is 1.22 bits per heavy atom. The van der Waals surface area contributed by atoms with Crippen molar-refractivity contribution in [2.24, 2.45) is 0 Å². The van der Waals surface area contributed by atoms with Crippen LogP contribution in [0.3, 0.4) is 0 Å². The highest BCUT2D eigenvalue weighted by atomic mass is 79.9. The number of phenols is 1. The lowest BCUT2D eigenvalue weighted by Gasteiger charge is -2.12. The van der Waals surface area contributed by atoms with Crippen molar-refractivity contribution in [1.29, 1.82) is 0 Å². The fraction of sp³-hybridized carbons (Fsp3) is 0.0714. The van der Waals surface area contributed by atoms with Crippen LogP contribution in [0.15, 0.2) is 40.9 Å². The van der Waals surface area contributed by atoms with E-state index in [1.54, 1.807) is 0 Å². The number of amides is 1. The van der Waals surface area contributed by atoms with Crippen molar-refractivity contribution in [2.75, 3.05) is 5.32 Å². The van der Waals surface area contributed by atoms with Gasteiger partial charge in [-0.1, -0.05) is 11.6 Å². The molecular formula is C14H8BrClF3NO3. The Hall–Kier alpha value is -1.93. The van der Waals surface area contributed by atoms with Gasteiger partial charge >= 0.3 is 6.36 Å². The minimum Gasteiger partial charge on any atom is -0.507 e. The van der Waals surface area contributed by atoms with E-state index in [4.69, 9.17) is 11.6 Å². The van der Waals surface area contributed by atoms with Crippen molar-refractivity contribution in [2.45, 2.75) is 6.36 Å². The van der Waals surface area contributed by atoms with E-state index >= 15 is 0 Å². The van der Waals surface area contributed by atoms with Gasteiger partial charge in [-0.15, -0.1) is 13.2 Å². The normalized spacial score (nSPS) is 11.2. The predicted octanol–water partition coefficient (Wildman–Crippen LogP) is 4.96. The Kier molecular flexibility index (Phi) is 5.06. The third-order valence-corrected chi connectivity index (χ3v) is 3.52. The second-order valence-electron chi connectivity index (χ2n) is 4.31. The molecule has 0 bridgehead atoms. The second kappa shape index (κ2) is 6.67. The van der Waals surface area contributed by atoms with Crippen molar-refractivity contribution >= 4 is 39.1 Å². The number of nitrogens with one attached hydrogen (secondary N) is 1. The third-order valence-electron chi connectivity index (χ3n) is 2.63. The number of carbonyl (C=O) groups excluding carboxylic acids is 1. The standard InChI is InChI=1S/C14H8BrClF3NO3/c15-10-6-8(23-14(17,18)19)2-3-11(10)20-13(22)9-5-7(16)1-4-12(9)21/h1-6,21H,(H,20,22). The Morgan fingerprint density at radius 3 is 2.52 bits per heavy atom. The maximum absolute atomic E-state index is 12.1. The van der Waals surface area contributed by atoms with Gasteiger partial charge in [-0.05, 0) is 52.3 Å². The number of benzene rings is 2. The molecule has 0 fully saturated rings. The lowest BCUT2D eigenvalue weighted by Crippen LogP contribution is -2.17. The van der Waals surface area contributed by atoms with Gasteiger partial charge in [-0.2, -0.15) is 0 Å². The summed E-state index contributed by atoms with van der Waals surface area (Å²) in [5.41, 5.74) is 0.129. The van der Waals surface area contributed by atoms with Crippen LogP contribution < -0.4 is 10.1 Å². The number of halogens is 5. The number of anilines is 1. The molecule has 0 aliphatic rings. The summed E-state index contributed by atoms with van der Waals surface area (Å²) in [4.78, 5) is 12.1. The average Bonchev–Trinajstić information content (AvgIpc) is 2.42. The lowest BCUT2D eigenvalue weighted by atomic mass is 10.2. The first-order valence-corrected chi connectivity index (χ1v) is 7.18. The van der Waals surface area contributed by atoms with Crippen LogP contribution >= 0.6 is 27.5 Å². The van der Waals surface area contributed by atoms with Gasteiger partial charge in [0.15, 0.2) is 0 Å².